The minimum absolute atomic E-state index is 0. The number of likely N-dealkylation sites (tertiary alicyclic amines) is 1. The molecule has 0 aromatic heterocycles. The molecule has 3 rings (SSSR count). The van der Waals surface area contributed by atoms with Gasteiger partial charge in [0, 0.05) is 71.0 Å². The first-order chi connectivity index (χ1) is 14.5. The lowest BCUT2D eigenvalue weighted by molar-refractivity contribution is 0.0891. The zero-order valence-electron chi connectivity index (χ0n) is 20.1. The highest BCUT2D eigenvalue weighted by Gasteiger charge is 2.31. The summed E-state index contributed by atoms with van der Waals surface area (Å²) >= 11 is 0. The van der Waals surface area contributed by atoms with Gasteiger partial charge in [-0.2, -0.15) is 0 Å². The van der Waals surface area contributed by atoms with Gasteiger partial charge in [0.25, 0.3) is 0 Å². The lowest BCUT2D eigenvalue weighted by atomic mass is 10.0. The Morgan fingerprint density at radius 2 is 1.87 bits per heavy atom. The highest BCUT2D eigenvalue weighted by molar-refractivity contribution is 14.0. The first-order valence-electron chi connectivity index (χ1n) is 11.7. The average Bonchev–Trinajstić information content (AvgIpc) is 3.12. The molecular weight excluding hydrogens is 499 g/mol. The van der Waals surface area contributed by atoms with Crippen molar-refractivity contribution >= 4 is 29.9 Å². The van der Waals surface area contributed by atoms with Crippen molar-refractivity contribution in [2.75, 3.05) is 59.9 Å². The van der Waals surface area contributed by atoms with Crippen molar-refractivity contribution in [1.82, 2.24) is 25.3 Å². The normalized spacial score (nSPS) is 26.1. The summed E-state index contributed by atoms with van der Waals surface area (Å²) < 4.78 is 0. The van der Waals surface area contributed by atoms with Gasteiger partial charge in [-0.15, -0.1) is 24.0 Å². The van der Waals surface area contributed by atoms with E-state index in [2.05, 4.69) is 88.5 Å². The van der Waals surface area contributed by atoms with E-state index in [-0.39, 0.29) is 24.0 Å². The van der Waals surface area contributed by atoms with Crippen LogP contribution in [0.3, 0.4) is 0 Å². The van der Waals surface area contributed by atoms with Crippen LogP contribution < -0.4 is 10.6 Å². The number of benzene rings is 1. The zero-order chi connectivity index (χ0) is 21.5. The number of piperazine rings is 1. The summed E-state index contributed by atoms with van der Waals surface area (Å²) in [7, 11) is 4.11. The van der Waals surface area contributed by atoms with Crippen LogP contribution in [0.4, 0.5) is 0 Å². The average molecular weight is 543 g/mol. The third-order valence-corrected chi connectivity index (χ3v) is 6.71. The molecule has 2 aliphatic heterocycles. The van der Waals surface area contributed by atoms with E-state index < -0.39 is 0 Å². The first kappa shape index (κ1) is 26.4. The molecule has 2 aliphatic rings. The van der Waals surface area contributed by atoms with Gasteiger partial charge in [0.1, 0.15) is 0 Å². The highest BCUT2D eigenvalue weighted by atomic mass is 127. The van der Waals surface area contributed by atoms with Crippen LogP contribution in [0, 0.1) is 5.92 Å². The van der Waals surface area contributed by atoms with Crippen molar-refractivity contribution in [1.29, 1.82) is 0 Å². The number of rotatable bonds is 7. The van der Waals surface area contributed by atoms with Crippen molar-refractivity contribution in [3.63, 3.8) is 0 Å². The molecular formula is C24H43IN6. The van der Waals surface area contributed by atoms with Crippen LogP contribution in [0.2, 0.25) is 0 Å². The van der Waals surface area contributed by atoms with Gasteiger partial charge >= 0.3 is 0 Å². The molecule has 0 aliphatic carbocycles. The van der Waals surface area contributed by atoms with E-state index >= 15 is 0 Å². The Morgan fingerprint density at radius 3 is 2.52 bits per heavy atom. The molecule has 2 heterocycles. The third-order valence-electron chi connectivity index (χ3n) is 6.71. The van der Waals surface area contributed by atoms with Crippen LogP contribution in [0.25, 0.3) is 0 Å². The van der Waals surface area contributed by atoms with Crippen LogP contribution in [0.15, 0.2) is 35.3 Å². The van der Waals surface area contributed by atoms with Gasteiger partial charge in [0.05, 0.1) is 0 Å². The Hall–Kier alpha value is -0.900. The van der Waals surface area contributed by atoms with E-state index in [1.165, 1.54) is 5.56 Å². The monoisotopic (exact) mass is 542 g/mol. The van der Waals surface area contributed by atoms with E-state index in [9.17, 15) is 0 Å². The summed E-state index contributed by atoms with van der Waals surface area (Å²) in [5.41, 5.74) is 1.43. The van der Waals surface area contributed by atoms with Crippen molar-refractivity contribution in [2.24, 2.45) is 10.9 Å². The molecule has 2 fully saturated rings. The minimum Gasteiger partial charge on any atom is -0.356 e. The summed E-state index contributed by atoms with van der Waals surface area (Å²) in [5, 5.41) is 7.20. The number of hydrogen-bond donors (Lipinski definition) is 2. The summed E-state index contributed by atoms with van der Waals surface area (Å²) in [5.74, 6) is 1.58. The largest absolute Gasteiger partial charge is 0.356 e. The molecule has 3 unspecified atom stereocenters. The van der Waals surface area contributed by atoms with Gasteiger partial charge in [-0.25, -0.2) is 0 Å². The van der Waals surface area contributed by atoms with Crippen LogP contribution >= 0.6 is 24.0 Å². The maximum atomic E-state index is 4.47. The Bertz CT molecular complexity index is 667. The standard InChI is InChI=1S/C24H42N6.HI/c1-19(2)30-16-20(3)22(17-30)27-24(25-4)26-12-9-13-29-15-14-28(5)18-23(29)21-10-7-6-8-11-21;/h6-8,10-11,19-20,22-23H,9,12-18H2,1-5H3,(H2,25,26,27);1H. The predicted octanol–water partition coefficient (Wildman–Crippen LogP) is 2.88. The predicted molar refractivity (Wildman–Crippen MR) is 142 cm³/mol. The second kappa shape index (κ2) is 13.0. The third kappa shape index (κ3) is 7.58. The fraction of sp³-hybridized carbons (Fsp3) is 0.708. The SMILES string of the molecule is CN=C(NCCCN1CCN(C)CC1c1ccccc1)NC1CN(C(C)C)CC1C.I. The molecule has 3 atom stereocenters. The van der Waals surface area contributed by atoms with Crippen molar-refractivity contribution in [3.8, 4) is 0 Å². The molecule has 7 heteroatoms. The van der Waals surface area contributed by atoms with E-state index in [1.807, 2.05) is 7.05 Å². The molecule has 31 heavy (non-hydrogen) atoms. The first-order valence-corrected chi connectivity index (χ1v) is 11.7. The van der Waals surface area contributed by atoms with Gasteiger partial charge in [-0.05, 0) is 38.8 Å². The summed E-state index contributed by atoms with van der Waals surface area (Å²) in [6.07, 6.45) is 1.12. The molecule has 2 N–H and O–H groups in total. The van der Waals surface area contributed by atoms with Gasteiger partial charge in [-0.3, -0.25) is 14.8 Å². The topological polar surface area (TPSA) is 46.1 Å². The van der Waals surface area contributed by atoms with Crippen molar-refractivity contribution in [3.05, 3.63) is 35.9 Å². The fourth-order valence-electron chi connectivity index (χ4n) is 4.69. The molecule has 0 bridgehead atoms. The maximum absolute atomic E-state index is 4.47. The molecule has 176 valence electrons. The van der Waals surface area contributed by atoms with Crippen molar-refractivity contribution in [2.45, 2.75) is 45.3 Å². The van der Waals surface area contributed by atoms with Crippen LogP contribution in [-0.2, 0) is 0 Å². The number of hydrogen-bond acceptors (Lipinski definition) is 4. The molecule has 0 saturated carbocycles. The number of halogens is 1. The van der Waals surface area contributed by atoms with E-state index in [0.29, 0.717) is 24.0 Å². The fourth-order valence-corrected chi connectivity index (χ4v) is 4.69. The van der Waals surface area contributed by atoms with Crippen LogP contribution in [0.5, 0.6) is 0 Å². The quantitative estimate of drug-likeness (QED) is 0.240. The zero-order valence-corrected chi connectivity index (χ0v) is 22.4. The van der Waals surface area contributed by atoms with Crippen LogP contribution in [0.1, 0.15) is 38.8 Å². The molecule has 6 nitrogen and oxygen atoms in total. The molecule has 1 aromatic rings. The number of nitrogens with one attached hydrogen (secondary N) is 2. The summed E-state index contributed by atoms with van der Waals surface area (Å²) in [4.78, 5) is 12.1. The van der Waals surface area contributed by atoms with Gasteiger partial charge in [0.2, 0.25) is 0 Å². The molecule has 0 spiro atoms. The Kier molecular flexibility index (Phi) is 11.0. The molecule has 1 aromatic carbocycles. The van der Waals surface area contributed by atoms with Gasteiger partial charge < -0.3 is 15.5 Å². The second-order valence-corrected chi connectivity index (χ2v) is 9.35. The van der Waals surface area contributed by atoms with Gasteiger partial charge in [-0.1, -0.05) is 37.3 Å². The molecule has 0 amide bonds. The van der Waals surface area contributed by atoms with E-state index in [4.69, 9.17) is 0 Å². The highest BCUT2D eigenvalue weighted by Crippen LogP contribution is 2.24. The Labute approximate surface area is 206 Å². The van der Waals surface area contributed by atoms with Crippen molar-refractivity contribution < 1.29 is 0 Å². The second-order valence-electron chi connectivity index (χ2n) is 9.35. The number of aliphatic imine (C=N–C) groups is 1. The summed E-state index contributed by atoms with van der Waals surface area (Å²) in [6.45, 7) is 14.6. The molecule has 0 radical (unpaired) electrons. The van der Waals surface area contributed by atoms with Crippen LogP contribution in [-0.4, -0.2) is 92.7 Å². The minimum atomic E-state index is 0. The number of guanidine groups is 1. The maximum Gasteiger partial charge on any atom is 0.191 e. The Morgan fingerprint density at radius 1 is 1.13 bits per heavy atom. The number of likely N-dealkylation sites (N-methyl/N-ethyl adjacent to an activating group) is 1. The van der Waals surface area contributed by atoms with E-state index in [0.717, 1.165) is 58.2 Å². The lowest BCUT2D eigenvalue weighted by Gasteiger charge is -2.40. The van der Waals surface area contributed by atoms with E-state index in [1.54, 1.807) is 0 Å². The summed E-state index contributed by atoms with van der Waals surface area (Å²) in [6, 6.07) is 12.5. The molecule has 2 saturated heterocycles. The number of nitrogens with zero attached hydrogens (tertiary/aromatic N) is 4. The smallest absolute Gasteiger partial charge is 0.191 e. The van der Waals surface area contributed by atoms with Gasteiger partial charge in [0.15, 0.2) is 5.96 Å². The lowest BCUT2D eigenvalue weighted by Crippen LogP contribution is -2.48. The Balaban J connectivity index is 0.00000341.